The first-order valence-corrected chi connectivity index (χ1v) is 6.09. The molecule has 0 aliphatic heterocycles. The Morgan fingerprint density at radius 1 is 1.26 bits per heavy atom. The van der Waals surface area contributed by atoms with Crippen molar-refractivity contribution >= 4 is 23.0 Å². The Labute approximate surface area is 116 Å². The molecule has 0 bridgehead atoms. The Morgan fingerprint density at radius 2 is 2.05 bits per heavy atom. The Morgan fingerprint density at radius 3 is 2.74 bits per heavy atom. The molecule has 2 rings (SSSR count). The van der Waals surface area contributed by atoms with E-state index >= 15 is 0 Å². The molecule has 0 radical (unpaired) electrons. The van der Waals surface area contributed by atoms with E-state index in [4.69, 9.17) is 22.1 Å². The zero-order chi connectivity index (χ0) is 13.8. The number of methoxy groups -OCH3 is 1. The van der Waals surface area contributed by atoms with Crippen LogP contribution in [-0.4, -0.2) is 7.11 Å². The van der Waals surface area contributed by atoms with Gasteiger partial charge in [0.05, 0.1) is 12.8 Å². The van der Waals surface area contributed by atoms with E-state index in [0.29, 0.717) is 23.0 Å². The van der Waals surface area contributed by atoms with Crippen LogP contribution in [0.1, 0.15) is 5.56 Å². The van der Waals surface area contributed by atoms with E-state index in [1.54, 1.807) is 25.3 Å². The monoisotopic (exact) mass is 280 g/mol. The maximum atomic E-state index is 12.9. The zero-order valence-electron chi connectivity index (χ0n) is 10.4. The van der Waals surface area contributed by atoms with E-state index in [0.717, 1.165) is 11.3 Å². The Kier molecular flexibility index (Phi) is 4.12. The fourth-order valence-corrected chi connectivity index (χ4v) is 1.94. The second-order valence-electron chi connectivity index (χ2n) is 4.05. The molecular weight excluding hydrogens is 267 g/mol. The summed E-state index contributed by atoms with van der Waals surface area (Å²) in [5.41, 5.74) is 7.92. The average molecular weight is 281 g/mol. The first-order valence-electron chi connectivity index (χ1n) is 5.71. The van der Waals surface area contributed by atoms with E-state index in [1.165, 1.54) is 12.1 Å². The molecule has 2 aromatic carbocycles. The van der Waals surface area contributed by atoms with Gasteiger partial charge in [-0.1, -0.05) is 17.7 Å². The highest BCUT2D eigenvalue weighted by Gasteiger charge is 2.05. The second-order valence-corrected chi connectivity index (χ2v) is 4.46. The van der Waals surface area contributed by atoms with Crippen LogP contribution in [-0.2, 0) is 6.54 Å². The lowest BCUT2D eigenvalue weighted by Crippen LogP contribution is -2.02. The van der Waals surface area contributed by atoms with Gasteiger partial charge in [-0.25, -0.2) is 4.39 Å². The minimum atomic E-state index is -0.348. The Balaban J connectivity index is 2.14. The van der Waals surface area contributed by atoms with Gasteiger partial charge in [-0.05, 0) is 29.8 Å². The van der Waals surface area contributed by atoms with Crippen LogP contribution in [0.4, 0.5) is 15.8 Å². The molecule has 0 aliphatic rings. The summed E-state index contributed by atoms with van der Waals surface area (Å²) in [6, 6.07) is 9.65. The molecule has 0 unspecified atom stereocenters. The number of benzene rings is 2. The molecule has 0 atom stereocenters. The summed E-state index contributed by atoms with van der Waals surface area (Å²) >= 11 is 5.96. The molecule has 0 aliphatic carbocycles. The van der Waals surface area contributed by atoms with Crippen molar-refractivity contribution in [2.75, 3.05) is 18.2 Å². The third kappa shape index (κ3) is 3.29. The Bertz CT molecular complexity index is 590. The molecule has 0 fully saturated rings. The van der Waals surface area contributed by atoms with Crippen LogP contribution in [0.5, 0.6) is 5.75 Å². The van der Waals surface area contributed by atoms with Crippen molar-refractivity contribution < 1.29 is 9.13 Å². The lowest BCUT2D eigenvalue weighted by molar-refractivity contribution is 0.416. The molecule has 2 aromatic rings. The second kappa shape index (κ2) is 5.80. The Hall–Kier alpha value is -1.94. The van der Waals surface area contributed by atoms with E-state index in [2.05, 4.69) is 5.32 Å². The molecule has 3 nitrogen and oxygen atoms in total. The van der Waals surface area contributed by atoms with Gasteiger partial charge in [0.2, 0.25) is 0 Å². The zero-order valence-corrected chi connectivity index (χ0v) is 11.2. The number of anilines is 2. The standard InChI is InChI=1S/C14H14ClFN2O/c1-19-14-7-11(17)4-5-13(14)18-8-9-2-3-10(16)6-12(9)15/h2-7,18H,8,17H2,1H3. The SMILES string of the molecule is COc1cc(N)ccc1NCc1ccc(F)cc1Cl. The third-order valence-corrected chi connectivity index (χ3v) is 3.06. The van der Waals surface area contributed by atoms with Crippen LogP contribution >= 0.6 is 11.6 Å². The predicted molar refractivity (Wildman–Crippen MR) is 76.1 cm³/mol. The highest BCUT2D eigenvalue weighted by atomic mass is 35.5. The predicted octanol–water partition coefficient (Wildman–Crippen LogP) is 3.68. The first-order chi connectivity index (χ1) is 9.10. The van der Waals surface area contributed by atoms with Crippen molar-refractivity contribution in [2.24, 2.45) is 0 Å². The van der Waals surface area contributed by atoms with Gasteiger partial charge in [-0.3, -0.25) is 0 Å². The van der Waals surface area contributed by atoms with Gasteiger partial charge in [-0.2, -0.15) is 0 Å². The molecule has 0 saturated heterocycles. The minimum Gasteiger partial charge on any atom is -0.495 e. The fraction of sp³-hybridized carbons (Fsp3) is 0.143. The topological polar surface area (TPSA) is 47.3 Å². The van der Waals surface area contributed by atoms with E-state index < -0.39 is 0 Å². The highest BCUT2D eigenvalue weighted by Crippen LogP contribution is 2.27. The number of halogens is 2. The van der Waals surface area contributed by atoms with Crippen molar-refractivity contribution in [3.63, 3.8) is 0 Å². The summed E-state index contributed by atoms with van der Waals surface area (Å²) in [6.45, 7) is 0.472. The number of hydrogen-bond donors (Lipinski definition) is 2. The molecule has 100 valence electrons. The summed E-state index contributed by atoms with van der Waals surface area (Å²) in [5.74, 6) is 0.303. The van der Waals surface area contributed by atoms with Crippen molar-refractivity contribution in [1.29, 1.82) is 0 Å². The van der Waals surface area contributed by atoms with Gasteiger partial charge in [-0.15, -0.1) is 0 Å². The van der Waals surface area contributed by atoms with Gasteiger partial charge in [0, 0.05) is 23.3 Å². The van der Waals surface area contributed by atoms with Crippen molar-refractivity contribution in [3.8, 4) is 5.75 Å². The van der Waals surface area contributed by atoms with Crippen LogP contribution in [0, 0.1) is 5.82 Å². The average Bonchev–Trinajstić information content (AvgIpc) is 2.39. The van der Waals surface area contributed by atoms with Gasteiger partial charge < -0.3 is 15.8 Å². The van der Waals surface area contributed by atoms with E-state index in [-0.39, 0.29) is 5.82 Å². The molecule has 0 spiro atoms. The van der Waals surface area contributed by atoms with Gasteiger partial charge >= 0.3 is 0 Å². The lowest BCUT2D eigenvalue weighted by Gasteiger charge is -2.12. The maximum Gasteiger partial charge on any atom is 0.144 e. The normalized spacial score (nSPS) is 10.3. The van der Waals surface area contributed by atoms with Gasteiger partial charge in [0.15, 0.2) is 0 Å². The van der Waals surface area contributed by atoms with Crippen LogP contribution in [0.25, 0.3) is 0 Å². The lowest BCUT2D eigenvalue weighted by atomic mass is 10.2. The highest BCUT2D eigenvalue weighted by molar-refractivity contribution is 6.31. The van der Waals surface area contributed by atoms with Gasteiger partial charge in [0.1, 0.15) is 11.6 Å². The smallest absolute Gasteiger partial charge is 0.144 e. The largest absolute Gasteiger partial charge is 0.495 e. The van der Waals surface area contributed by atoms with Crippen molar-refractivity contribution in [1.82, 2.24) is 0 Å². The number of nitrogens with two attached hydrogens (primary N) is 1. The quantitative estimate of drug-likeness (QED) is 0.840. The molecule has 0 aromatic heterocycles. The summed E-state index contributed by atoms with van der Waals surface area (Å²) in [4.78, 5) is 0. The van der Waals surface area contributed by atoms with Gasteiger partial charge in [0.25, 0.3) is 0 Å². The molecule has 5 heteroatoms. The summed E-state index contributed by atoms with van der Waals surface area (Å²) in [7, 11) is 1.57. The molecule has 3 N–H and O–H groups in total. The van der Waals surface area contributed by atoms with Crippen LogP contribution in [0.15, 0.2) is 36.4 Å². The molecule has 0 amide bonds. The first kappa shape index (κ1) is 13.5. The number of nitrogens with one attached hydrogen (secondary N) is 1. The fourth-order valence-electron chi connectivity index (χ4n) is 1.71. The van der Waals surface area contributed by atoms with Crippen LogP contribution < -0.4 is 15.8 Å². The molecule has 19 heavy (non-hydrogen) atoms. The summed E-state index contributed by atoms with van der Waals surface area (Å²) < 4.78 is 18.2. The minimum absolute atomic E-state index is 0.348. The number of hydrogen-bond acceptors (Lipinski definition) is 3. The van der Waals surface area contributed by atoms with Crippen LogP contribution in [0.3, 0.4) is 0 Å². The van der Waals surface area contributed by atoms with Crippen molar-refractivity contribution in [2.45, 2.75) is 6.54 Å². The molecule has 0 saturated carbocycles. The number of nitrogen functional groups attached to an aromatic ring is 1. The summed E-state index contributed by atoms with van der Waals surface area (Å²) in [6.07, 6.45) is 0. The van der Waals surface area contributed by atoms with E-state index in [9.17, 15) is 4.39 Å². The van der Waals surface area contributed by atoms with Crippen LogP contribution in [0.2, 0.25) is 5.02 Å². The third-order valence-electron chi connectivity index (χ3n) is 2.71. The molecule has 0 heterocycles. The molecular formula is C14H14ClFN2O. The summed E-state index contributed by atoms with van der Waals surface area (Å²) in [5, 5.41) is 3.57. The maximum absolute atomic E-state index is 12.9. The number of ether oxygens (including phenoxy) is 1. The number of rotatable bonds is 4. The van der Waals surface area contributed by atoms with E-state index in [1.807, 2.05) is 6.07 Å². The van der Waals surface area contributed by atoms with Crippen molar-refractivity contribution in [3.05, 3.63) is 52.8 Å².